The number of H-pyrrole nitrogens is 1. The van der Waals surface area contributed by atoms with E-state index in [0.29, 0.717) is 16.4 Å². The lowest BCUT2D eigenvalue weighted by Gasteiger charge is -2.04. The lowest BCUT2D eigenvalue weighted by atomic mass is 10.1. The molecule has 1 aromatic heterocycles. The van der Waals surface area contributed by atoms with Crippen LogP contribution in [0.2, 0.25) is 10.0 Å². The molecule has 1 amide bonds. The largest absolute Gasteiger partial charge is 0.321 e. The van der Waals surface area contributed by atoms with Crippen molar-refractivity contribution in [2.24, 2.45) is 0 Å². The Bertz CT molecular complexity index is 879. The van der Waals surface area contributed by atoms with E-state index in [0.717, 1.165) is 5.56 Å². The first-order valence-corrected chi connectivity index (χ1v) is 7.36. The monoisotopic (exact) mass is 349 g/mol. The lowest BCUT2D eigenvalue weighted by Crippen LogP contribution is -2.12. The molecule has 2 aromatic carbocycles. The van der Waals surface area contributed by atoms with Crippen LogP contribution in [0.3, 0.4) is 0 Å². The average molecular weight is 350 g/mol. The average Bonchev–Trinajstić information content (AvgIpc) is 3.01. The highest BCUT2D eigenvalue weighted by Crippen LogP contribution is 2.23. The number of hydrogen-bond acceptors (Lipinski definition) is 2. The summed E-state index contributed by atoms with van der Waals surface area (Å²) in [7, 11) is 0. The molecule has 0 aliphatic rings. The van der Waals surface area contributed by atoms with Crippen molar-refractivity contribution in [2.45, 2.75) is 0 Å². The smallest absolute Gasteiger partial charge is 0.273 e. The van der Waals surface area contributed by atoms with Crippen molar-refractivity contribution in [2.75, 3.05) is 5.32 Å². The molecule has 1 heterocycles. The van der Waals surface area contributed by atoms with Crippen molar-refractivity contribution in [1.82, 2.24) is 10.2 Å². The highest BCUT2D eigenvalue weighted by Gasteiger charge is 2.12. The second-order valence-corrected chi connectivity index (χ2v) is 5.60. The molecule has 3 aromatic rings. The zero-order valence-electron chi connectivity index (χ0n) is 11.6. The summed E-state index contributed by atoms with van der Waals surface area (Å²) < 4.78 is 13.1. The maximum Gasteiger partial charge on any atom is 0.273 e. The molecule has 2 N–H and O–H groups in total. The van der Waals surface area contributed by atoms with Gasteiger partial charge in [0.25, 0.3) is 5.91 Å². The summed E-state index contributed by atoms with van der Waals surface area (Å²) >= 11 is 11.6. The topological polar surface area (TPSA) is 57.8 Å². The van der Waals surface area contributed by atoms with Gasteiger partial charge in [0.15, 0.2) is 0 Å². The number of nitrogens with one attached hydrogen (secondary N) is 2. The van der Waals surface area contributed by atoms with E-state index >= 15 is 0 Å². The van der Waals surface area contributed by atoms with E-state index in [1.165, 1.54) is 18.2 Å². The number of halogens is 3. The second-order valence-electron chi connectivity index (χ2n) is 4.76. The fraction of sp³-hybridized carbons (Fsp3) is 0. The Hall–Kier alpha value is -2.37. The Labute approximate surface area is 141 Å². The molecule has 0 bridgehead atoms. The third-order valence-corrected chi connectivity index (χ3v) is 3.65. The van der Waals surface area contributed by atoms with Crippen molar-refractivity contribution in [1.29, 1.82) is 0 Å². The van der Waals surface area contributed by atoms with Crippen LogP contribution in [0.15, 0.2) is 48.5 Å². The fourth-order valence-electron chi connectivity index (χ4n) is 2.01. The standard InChI is InChI=1S/C16H10Cl2FN3O/c17-10-3-1-2-9(6-10)14-8-15(22-21-14)16(23)20-11-4-5-13(19)12(18)7-11/h1-8H,(H,20,23)(H,21,22). The predicted octanol–water partition coefficient (Wildman–Crippen LogP) is 4.77. The highest BCUT2D eigenvalue weighted by atomic mass is 35.5. The molecule has 0 aliphatic carbocycles. The van der Waals surface area contributed by atoms with E-state index in [4.69, 9.17) is 23.2 Å². The van der Waals surface area contributed by atoms with Crippen LogP contribution in [0.25, 0.3) is 11.3 Å². The molecule has 0 radical (unpaired) electrons. The number of aromatic nitrogens is 2. The summed E-state index contributed by atoms with van der Waals surface area (Å²) in [6, 6.07) is 12.7. The van der Waals surface area contributed by atoms with E-state index in [1.807, 2.05) is 6.07 Å². The van der Waals surface area contributed by atoms with Gasteiger partial charge in [0.2, 0.25) is 0 Å². The second kappa shape index (κ2) is 6.40. The minimum absolute atomic E-state index is 0.0629. The summed E-state index contributed by atoms with van der Waals surface area (Å²) in [4.78, 5) is 12.2. The first-order chi connectivity index (χ1) is 11.0. The van der Waals surface area contributed by atoms with Crippen molar-refractivity contribution in [3.05, 3.63) is 70.1 Å². The molecular weight excluding hydrogens is 340 g/mol. The van der Waals surface area contributed by atoms with E-state index in [9.17, 15) is 9.18 Å². The van der Waals surface area contributed by atoms with Gasteiger partial charge in [-0.3, -0.25) is 9.89 Å². The van der Waals surface area contributed by atoms with Gasteiger partial charge < -0.3 is 5.32 Å². The number of nitrogens with zero attached hydrogens (tertiary/aromatic N) is 1. The first-order valence-electron chi connectivity index (χ1n) is 6.61. The zero-order chi connectivity index (χ0) is 16.4. The SMILES string of the molecule is O=C(Nc1ccc(F)c(Cl)c1)c1cc(-c2cccc(Cl)c2)n[nH]1. The fourth-order valence-corrected chi connectivity index (χ4v) is 2.38. The summed E-state index contributed by atoms with van der Waals surface area (Å²) in [5.74, 6) is -0.956. The Kier molecular flexibility index (Phi) is 4.32. The maximum atomic E-state index is 13.1. The molecular formula is C16H10Cl2FN3O. The number of aromatic amines is 1. The zero-order valence-corrected chi connectivity index (χ0v) is 13.1. The Morgan fingerprint density at radius 1 is 1.13 bits per heavy atom. The van der Waals surface area contributed by atoms with Gasteiger partial charge >= 0.3 is 0 Å². The molecule has 0 saturated carbocycles. The highest BCUT2D eigenvalue weighted by molar-refractivity contribution is 6.31. The molecule has 0 spiro atoms. The van der Waals surface area contributed by atoms with Gasteiger partial charge in [-0.15, -0.1) is 0 Å². The van der Waals surface area contributed by atoms with E-state index in [-0.39, 0.29) is 10.7 Å². The summed E-state index contributed by atoms with van der Waals surface area (Å²) in [6.07, 6.45) is 0. The molecule has 0 unspecified atom stereocenters. The third kappa shape index (κ3) is 3.52. The van der Waals surface area contributed by atoms with E-state index in [2.05, 4.69) is 15.5 Å². The third-order valence-electron chi connectivity index (χ3n) is 3.12. The number of benzene rings is 2. The van der Waals surface area contributed by atoms with Crippen molar-refractivity contribution in [3.8, 4) is 11.3 Å². The van der Waals surface area contributed by atoms with E-state index in [1.54, 1.807) is 24.3 Å². The number of anilines is 1. The van der Waals surface area contributed by atoms with Crippen LogP contribution >= 0.6 is 23.2 Å². The molecule has 116 valence electrons. The molecule has 0 saturated heterocycles. The lowest BCUT2D eigenvalue weighted by molar-refractivity contribution is 0.102. The number of rotatable bonds is 3. The van der Waals surface area contributed by atoms with Crippen LogP contribution in [-0.4, -0.2) is 16.1 Å². The van der Waals surface area contributed by atoms with Gasteiger partial charge in [-0.05, 0) is 36.4 Å². The van der Waals surface area contributed by atoms with Crippen molar-refractivity contribution < 1.29 is 9.18 Å². The Morgan fingerprint density at radius 3 is 2.70 bits per heavy atom. The molecule has 3 rings (SSSR count). The number of carbonyl (C=O) groups excluding carboxylic acids is 1. The summed E-state index contributed by atoms with van der Waals surface area (Å²) in [5, 5.41) is 9.88. The van der Waals surface area contributed by atoms with Crippen LogP contribution < -0.4 is 5.32 Å². The van der Waals surface area contributed by atoms with Crippen LogP contribution in [0.5, 0.6) is 0 Å². The summed E-state index contributed by atoms with van der Waals surface area (Å²) in [6.45, 7) is 0. The van der Waals surface area contributed by atoms with Crippen molar-refractivity contribution >= 4 is 34.8 Å². The molecule has 0 atom stereocenters. The van der Waals surface area contributed by atoms with Crippen LogP contribution in [-0.2, 0) is 0 Å². The first kappa shape index (κ1) is 15.5. The maximum absolute atomic E-state index is 13.1. The summed E-state index contributed by atoms with van der Waals surface area (Å²) in [5.41, 5.74) is 2.04. The van der Waals surface area contributed by atoms with Gasteiger partial charge in [0, 0.05) is 16.3 Å². The number of amides is 1. The van der Waals surface area contributed by atoms with Gasteiger partial charge in [0.05, 0.1) is 10.7 Å². The number of carbonyl (C=O) groups is 1. The molecule has 0 fully saturated rings. The molecule has 0 aliphatic heterocycles. The minimum atomic E-state index is -0.547. The van der Waals surface area contributed by atoms with Crippen LogP contribution in [0, 0.1) is 5.82 Å². The van der Waals surface area contributed by atoms with Gasteiger partial charge in [-0.25, -0.2) is 4.39 Å². The Balaban J connectivity index is 1.79. The van der Waals surface area contributed by atoms with Gasteiger partial charge in [-0.2, -0.15) is 5.10 Å². The van der Waals surface area contributed by atoms with Crippen molar-refractivity contribution in [3.63, 3.8) is 0 Å². The van der Waals surface area contributed by atoms with Gasteiger partial charge in [0.1, 0.15) is 11.5 Å². The van der Waals surface area contributed by atoms with Crippen LogP contribution in [0.4, 0.5) is 10.1 Å². The molecule has 4 nitrogen and oxygen atoms in total. The normalized spacial score (nSPS) is 10.6. The quantitative estimate of drug-likeness (QED) is 0.715. The van der Waals surface area contributed by atoms with E-state index < -0.39 is 11.7 Å². The minimum Gasteiger partial charge on any atom is -0.321 e. The molecule has 7 heteroatoms. The predicted molar refractivity (Wildman–Crippen MR) is 88.4 cm³/mol. The van der Waals surface area contributed by atoms with Crippen LogP contribution in [0.1, 0.15) is 10.5 Å². The number of hydrogen-bond donors (Lipinski definition) is 2. The molecule has 23 heavy (non-hydrogen) atoms. The Morgan fingerprint density at radius 2 is 1.96 bits per heavy atom. The van der Waals surface area contributed by atoms with Gasteiger partial charge in [-0.1, -0.05) is 35.3 Å².